The van der Waals surface area contributed by atoms with Crippen LogP contribution in [0, 0.1) is 5.92 Å². The number of hydrogen-bond donors (Lipinski definition) is 2. The molecular formula is C13H16O4. The maximum atomic E-state index is 10.6. The molecule has 1 atom stereocenters. The van der Waals surface area contributed by atoms with E-state index in [4.69, 9.17) is 14.9 Å². The first-order chi connectivity index (χ1) is 8.13. The SMILES string of the molecule is CC(=CC(CO)COc1ccccc1)C(=O)O. The van der Waals surface area contributed by atoms with Gasteiger partial charge in [0.15, 0.2) is 0 Å². The molecule has 0 aliphatic carbocycles. The normalized spacial score (nSPS) is 13.2. The van der Waals surface area contributed by atoms with Crippen LogP contribution in [0.15, 0.2) is 42.0 Å². The average molecular weight is 236 g/mol. The van der Waals surface area contributed by atoms with Crippen LogP contribution in [0.3, 0.4) is 0 Å². The summed E-state index contributed by atoms with van der Waals surface area (Å²) in [6.45, 7) is 1.61. The molecule has 4 nitrogen and oxygen atoms in total. The Hall–Kier alpha value is -1.81. The second-order valence-electron chi connectivity index (χ2n) is 3.72. The fourth-order valence-electron chi connectivity index (χ4n) is 1.30. The van der Waals surface area contributed by atoms with Gasteiger partial charge in [0.1, 0.15) is 5.75 Å². The summed E-state index contributed by atoms with van der Waals surface area (Å²) in [4.78, 5) is 10.6. The van der Waals surface area contributed by atoms with Crippen LogP contribution in [-0.4, -0.2) is 29.4 Å². The molecule has 0 aromatic heterocycles. The van der Waals surface area contributed by atoms with Gasteiger partial charge in [-0.15, -0.1) is 0 Å². The van der Waals surface area contributed by atoms with E-state index in [0.29, 0.717) is 5.75 Å². The van der Waals surface area contributed by atoms with Crippen LogP contribution in [0.2, 0.25) is 0 Å². The second-order valence-corrected chi connectivity index (χ2v) is 3.72. The maximum Gasteiger partial charge on any atom is 0.330 e. The molecule has 0 spiro atoms. The van der Waals surface area contributed by atoms with Crippen molar-refractivity contribution in [2.75, 3.05) is 13.2 Å². The zero-order valence-electron chi connectivity index (χ0n) is 9.67. The van der Waals surface area contributed by atoms with E-state index in [0.717, 1.165) is 0 Å². The number of aliphatic hydroxyl groups excluding tert-OH is 1. The number of carbonyl (C=O) groups is 1. The van der Waals surface area contributed by atoms with Gasteiger partial charge in [-0.1, -0.05) is 24.3 Å². The Morgan fingerprint density at radius 1 is 1.41 bits per heavy atom. The molecule has 0 fully saturated rings. The summed E-state index contributed by atoms with van der Waals surface area (Å²) < 4.78 is 5.44. The summed E-state index contributed by atoms with van der Waals surface area (Å²) in [7, 11) is 0. The molecule has 0 aliphatic heterocycles. The van der Waals surface area contributed by atoms with Crippen LogP contribution in [0.5, 0.6) is 5.75 Å². The standard InChI is InChI=1S/C13H16O4/c1-10(13(15)16)7-11(8-14)9-17-12-5-3-2-4-6-12/h2-7,11,14H,8-9H2,1H3,(H,15,16). The highest BCUT2D eigenvalue weighted by Gasteiger charge is 2.08. The van der Waals surface area contributed by atoms with E-state index in [-0.39, 0.29) is 24.7 Å². The smallest absolute Gasteiger partial charge is 0.330 e. The first-order valence-electron chi connectivity index (χ1n) is 5.34. The molecule has 0 saturated carbocycles. The van der Waals surface area contributed by atoms with E-state index in [1.807, 2.05) is 30.3 Å². The first kappa shape index (κ1) is 13.3. The molecule has 0 amide bonds. The summed E-state index contributed by atoms with van der Waals surface area (Å²) in [5, 5.41) is 17.8. The molecule has 0 aliphatic rings. The Morgan fingerprint density at radius 3 is 2.59 bits per heavy atom. The third kappa shape index (κ3) is 4.70. The fourth-order valence-corrected chi connectivity index (χ4v) is 1.30. The van der Waals surface area contributed by atoms with Crippen LogP contribution in [0.1, 0.15) is 6.92 Å². The van der Waals surface area contributed by atoms with Gasteiger partial charge in [-0.05, 0) is 19.1 Å². The number of benzene rings is 1. The van der Waals surface area contributed by atoms with E-state index < -0.39 is 5.97 Å². The zero-order valence-corrected chi connectivity index (χ0v) is 9.67. The van der Waals surface area contributed by atoms with Crippen LogP contribution < -0.4 is 4.74 Å². The van der Waals surface area contributed by atoms with Crippen molar-refractivity contribution in [3.05, 3.63) is 42.0 Å². The molecule has 0 radical (unpaired) electrons. The molecule has 0 bridgehead atoms. The minimum Gasteiger partial charge on any atom is -0.493 e. The van der Waals surface area contributed by atoms with Gasteiger partial charge in [0.25, 0.3) is 0 Å². The molecule has 1 aromatic carbocycles. The van der Waals surface area contributed by atoms with Gasteiger partial charge in [-0.2, -0.15) is 0 Å². The van der Waals surface area contributed by atoms with Gasteiger partial charge in [-0.25, -0.2) is 4.79 Å². The summed E-state index contributed by atoms with van der Waals surface area (Å²) in [5.41, 5.74) is 0.209. The minimum absolute atomic E-state index is 0.141. The Kier molecular flexibility index (Phi) is 5.23. The minimum atomic E-state index is -0.983. The summed E-state index contributed by atoms with van der Waals surface area (Å²) in [6, 6.07) is 9.19. The number of carboxylic acid groups (broad SMARTS) is 1. The Morgan fingerprint density at radius 2 is 2.06 bits per heavy atom. The number of aliphatic carboxylic acids is 1. The van der Waals surface area contributed by atoms with Gasteiger partial charge in [0.05, 0.1) is 13.2 Å². The molecule has 1 aromatic rings. The predicted molar refractivity (Wildman–Crippen MR) is 63.9 cm³/mol. The Balaban J connectivity index is 2.54. The number of hydrogen-bond acceptors (Lipinski definition) is 3. The Labute approximate surface area is 100 Å². The number of rotatable bonds is 6. The topological polar surface area (TPSA) is 66.8 Å². The van der Waals surface area contributed by atoms with Gasteiger partial charge in [0, 0.05) is 11.5 Å². The monoisotopic (exact) mass is 236 g/mol. The maximum absolute atomic E-state index is 10.6. The predicted octanol–water partition coefficient (Wildman–Crippen LogP) is 1.70. The lowest BCUT2D eigenvalue weighted by molar-refractivity contribution is -0.132. The summed E-state index contributed by atoms with van der Waals surface area (Å²) in [5.74, 6) is -0.596. The van der Waals surface area contributed by atoms with Crippen LogP contribution in [-0.2, 0) is 4.79 Å². The fraction of sp³-hybridized carbons (Fsp3) is 0.308. The lowest BCUT2D eigenvalue weighted by Crippen LogP contribution is -2.15. The van der Waals surface area contributed by atoms with Crippen LogP contribution >= 0.6 is 0 Å². The van der Waals surface area contributed by atoms with Crippen molar-refractivity contribution in [3.8, 4) is 5.75 Å². The third-order valence-electron chi connectivity index (χ3n) is 2.26. The van der Waals surface area contributed by atoms with E-state index in [1.165, 1.54) is 13.0 Å². The van der Waals surface area contributed by atoms with Gasteiger partial charge >= 0.3 is 5.97 Å². The van der Waals surface area contributed by atoms with Gasteiger partial charge in [-0.3, -0.25) is 0 Å². The van der Waals surface area contributed by atoms with Crippen molar-refractivity contribution in [1.82, 2.24) is 0 Å². The van der Waals surface area contributed by atoms with Crippen molar-refractivity contribution in [3.63, 3.8) is 0 Å². The van der Waals surface area contributed by atoms with Crippen LogP contribution in [0.25, 0.3) is 0 Å². The van der Waals surface area contributed by atoms with E-state index in [1.54, 1.807) is 0 Å². The number of ether oxygens (including phenoxy) is 1. The molecule has 2 N–H and O–H groups in total. The zero-order chi connectivity index (χ0) is 12.7. The van der Waals surface area contributed by atoms with Gasteiger partial charge in [0.2, 0.25) is 0 Å². The average Bonchev–Trinajstić information content (AvgIpc) is 2.35. The highest BCUT2D eigenvalue weighted by Crippen LogP contribution is 2.11. The number of carboxylic acids is 1. The molecule has 4 heteroatoms. The van der Waals surface area contributed by atoms with E-state index >= 15 is 0 Å². The highest BCUT2D eigenvalue weighted by molar-refractivity contribution is 5.85. The third-order valence-corrected chi connectivity index (χ3v) is 2.26. The highest BCUT2D eigenvalue weighted by atomic mass is 16.5. The van der Waals surface area contributed by atoms with Crippen LogP contribution in [0.4, 0.5) is 0 Å². The quantitative estimate of drug-likeness (QED) is 0.738. The van der Waals surface area contributed by atoms with Crippen molar-refractivity contribution in [1.29, 1.82) is 0 Å². The Bertz CT molecular complexity index is 384. The largest absolute Gasteiger partial charge is 0.493 e. The van der Waals surface area contributed by atoms with E-state index in [9.17, 15) is 4.79 Å². The van der Waals surface area contributed by atoms with Crippen molar-refractivity contribution in [2.24, 2.45) is 5.92 Å². The molecule has 17 heavy (non-hydrogen) atoms. The molecule has 1 rings (SSSR count). The second kappa shape index (κ2) is 6.70. The summed E-state index contributed by atoms with van der Waals surface area (Å²) >= 11 is 0. The lowest BCUT2D eigenvalue weighted by atomic mass is 10.1. The number of para-hydroxylation sites is 1. The van der Waals surface area contributed by atoms with Crippen molar-refractivity contribution < 1.29 is 19.7 Å². The van der Waals surface area contributed by atoms with E-state index in [2.05, 4.69) is 0 Å². The molecule has 92 valence electrons. The van der Waals surface area contributed by atoms with Gasteiger partial charge < -0.3 is 14.9 Å². The molecular weight excluding hydrogens is 220 g/mol. The molecule has 0 saturated heterocycles. The lowest BCUT2D eigenvalue weighted by Gasteiger charge is -2.12. The molecule has 1 unspecified atom stereocenters. The van der Waals surface area contributed by atoms with Crippen molar-refractivity contribution >= 4 is 5.97 Å². The molecule has 0 heterocycles. The van der Waals surface area contributed by atoms with Crippen molar-refractivity contribution in [2.45, 2.75) is 6.92 Å². The first-order valence-corrected chi connectivity index (χ1v) is 5.34. The summed E-state index contributed by atoms with van der Waals surface area (Å²) in [6.07, 6.45) is 1.51. The number of aliphatic hydroxyl groups is 1.